The molecule has 1 N–H and O–H groups in total. The smallest absolute Gasteiger partial charge is 0.251 e. The number of carbonyl (C=O) groups excluding carboxylic acids is 1. The zero-order valence-electron chi connectivity index (χ0n) is 10.1. The summed E-state index contributed by atoms with van der Waals surface area (Å²) in [6.45, 7) is -0.354. The molecule has 0 aliphatic carbocycles. The van der Waals surface area contributed by atoms with E-state index in [1.807, 2.05) is 0 Å². The average Bonchev–Trinajstić information content (AvgIpc) is 2.38. The Morgan fingerprint density at radius 3 is 2.15 bits per heavy atom. The lowest BCUT2D eigenvalue weighted by molar-refractivity contribution is 0.0950. The summed E-state index contributed by atoms with van der Waals surface area (Å²) in [7, 11) is 0. The zero-order chi connectivity index (χ0) is 14.7. The van der Waals surface area contributed by atoms with Crippen molar-refractivity contribution in [2.24, 2.45) is 0 Å². The van der Waals surface area contributed by atoms with Gasteiger partial charge in [-0.15, -0.1) is 0 Å². The highest BCUT2D eigenvalue weighted by atomic mass is 79.9. The van der Waals surface area contributed by atoms with Crippen LogP contribution in [0.25, 0.3) is 0 Å². The minimum absolute atomic E-state index is 0.354. The molecular weight excluding hydrogens is 335 g/mol. The summed E-state index contributed by atoms with van der Waals surface area (Å²) in [5, 5.41) is 2.38. The van der Waals surface area contributed by atoms with Crippen LogP contribution in [0.3, 0.4) is 0 Å². The largest absolute Gasteiger partial charge is 0.348 e. The van der Waals surface area contributed by atoms with Crippen molar-refractivity contribution in [3.8, 4) is 0 Å². The van der Waals surface area contributed by atoms with Gasteiger partial charge in [0.05, 0.1) is 0 Å². The summed E-state index contributed by atoms with van der Waals surface area (Å²) in [5.41, 5.74) is -0.0204. The van der Waals surface area contributed by atoms with E-state index in [2.05, 4.69) is 21.2 Å². The van der Waals surface area contributed by atoms with E-state index in [1.165, 1.54) is 0 Å². The third kappa shape index (κ3) is 3.39. The molecule has 0 atom stereocenters. The van der Waals surface area contributed by atoms with Crippen LogP contribution in [-0.4, -0.2) is 5.91 Å². The quantitative estimate of drug-likeness (QED) is 0.902. The molecule has 0 saturated heterocycles. The first-order valence-electron chi connectivity index (χ1n) is 5.64. The number of rotatable bonds is 3. The predicted molar refractivity (Wildman–Crippen MR) is 71.6 cm³/mol. The Balaban J connectivity index is 2.09. The van der Waals surface area contributed by atoms with Gasteiger partial charge in [-0.1, -0.05) is 15.9 Å². The number of halogens is 4. The van der Waals surface area contributed by atoms with Gasteiger partial charge in [-0.25, -0.2) is 13.2 Å². The molecule has 6 heteroatoms. The van der Waals surface area contributed by atoms with Crippen molar-refractivity contribution >= 4 is 21.8 Å². The Hall–Kier alpha value is -1.82. The van der Waals surface area contributed by atoms with Crippen LogP contribution in [0.1, 0.15) is 15.9 Å². The van der Waals surface area contributed by atoms with Crippen LogP contribution in [0.2, 0.25) is 0 Å². The molecule has 0 radical (unpaired) electrons. The van der Waals surface area contributed by atoms with Crippen LogP contribution in [0.4, 0.5) is 13.2 Å². The Morgan fingerprint density at radius 2 is 1.60 bits per heavy atom. The summed E-state index contributed by atoms with van der Waals surface area (Å²) in [5.74, 6) is -3.53. The molecule has 0 fully saturated rings. The van der Waals surface area contributed by atoms with Crippen LogP contribution in [0.5, 0.6) is 0 Å². The van der Waals surface area contributed by atoms with Gasteiger partial charge in [0.25, 0.3) is 5.91 Å². The van der Waals surface area contributed by atoms with Gasteiger partial charge in [-0.3, -0.25) is 4.79 Å². The summed E-state index contributed by atoms with van der Waals surface area (Å²) in [6.07, 6.45) is 0. The molecule has 1 amide bonds. The fourth-order valence-corrected chi connectivity index (χ4v) is 1.88. The number of hydrogen-bond donors (Lipinski definition) is 1. The number of hydrogen-bond acceptors (Lipinski definition) is 1. The first-order chi connectivity index (χ1) is 9.47. The Morgan fingerprint density at radius 1 is 1.05 bits per heavy atom. The SMILES string of the molecule is O=C(NCc1c(F)cc(F)cc1F)c1ccc(Br)cc1. The molecule has 104 valence electrons. The third-order valence-electron chi connectivity index (χ3n) is 2.64. The van der Waals surface area contributed by atoms with E-state index in [0.29, 0.717) is 17.7 Å². The molecule has 20 heavy (non-hydrogen) atoms. The molecule has 2 nitrogen and oxygen atoms in total. The van der Waals surface area contributed by atoms with Crippen LogP contribution < -0.4 is 5.32 Å². The highest BCUT2D eigenvalue weighted by molar-refractivity contribution is 9.10. The van der Waals surface area contributed by atoms with E-state index in [4.69, 9.17) is 0 Å². The van der Waals surface area contributed by atoms with Gasteiger partial charge in [0.2, 0.25) is 0 Å². The van der Waals surface area contributed by atoms with Crippen molar-refractivity contribution in [3.63, 3.8) is 0 Å². The van der Waals surface area contributed by atoms with Gasteiger partial charge in [0.1, 0.15) is 17.5 Å². The van der Waals surface area contributed by atoms with E-state index >= 15 is 0 Å². The van der Waals surface area contributed by atoms with Crippen LogP contribution in [-0.2, 0) is 6.54 Å². The Bertz CT molecular complexity index is 620. The monoisotopic (exact) mass is 343 g/mol. The molecule has 0 aromatic heterocycles. The average molecular weight is 344 g/mol. The lowest BCUT2D eigenvalue weighted by Gasteiger charge is -2.08. The number of amides is 1. The molecule has 0 bridgehead atoms. The number of nitrogens with one attached hydrogen (secondary N) is 1. The molecule has 0 saturated carbocycles. The fourth-order valence-electron chi connectivity index (χ4n) is 1.61. The lowest BCUT2D eigenvalue weighted by atomic mass is 10.1. The lowest BCUT2D eigenvalue weighted by Crippen LogP contribution is -2.24. The van der Waals surface area contributed by atoms with Crippen molar-refractivity contribution in [1.29, 1.82) is 0 Å². The van der Waals surface area contributed by atoms with E-state index < -0.39 is 23.4 Å². The van der Waals surface area contributed by atoms with Gasteiger partial charge in [-0.2, -0.15) is 0 Å². The normalized spacial score (nSPS) is 10.4. The van der Waals surface area contributed by atoms with Crippen LogP contribution in [0.15, 0.2) is 40.9 Å². The van der Waals surface area contributed by atoms with Crippen molar-refractivity contribution in [2.45, 2.75) is 6.54 Å². The zero-order valence-corrected chi connectivity index (χ0v) is 11.7. The second kappa shape index (κ2) is 6.09. The predicted octanol–water partition coefficient (Wildman–Crippen LogP) is 3.80. The molecule has 0 aliphatic heterocycles. The highest BCUT2D eigenvalue weighted by Gasteiger charge is 2.13. The second-order valence-corrected chi connectivity index (χ2v) is 4.95. The van der Waals surface area contributed by atoms with E-state index in [9.17, 15) is 18.0 Å². The maximum absolute atomic E-state index is 13.4. The standard InChI is InChI=1S/C14H9BrF3NO/c15-9-3-1-8(2-4-9)14(20)19-7-11-12(17)5-10(16)6-13(11)18/h1-6H,7H2,(H,19,20). The summed E-state index contributed by atoms with van der Waals surface area (Å²) in [6, 6.07) is 7.63. The molecule has 2 aromatic carbocycles. The maximum atomic E-state index is 13.4. The first-order valence-corrected chi connectivity index (χ1v) is 6.44. The summed E-state index contributed by atoms with van der Waals surface area (Å²) >= 11 is 3.23. The van der Waals surface area contributed by atoms with Crippen LogP contribution in [0, 0.1) is 17.5 Å². The van der Waals surface area contributed by atoms with Gasteiger partial charge < -0.3 is 5.32 Å². The Kier molecular flexibility index (Phi) is 4.44. The molecular formula is C14H9BrF3NO. The molecule has 0 spiro atoms. The van der Waals surface area contributed by atoms with Crippen LogP contribution >= 0.6 is 15.9 Å². The van der Waals surface area contributed by atoms with E-state index in [-0.39, 0.29) is 12.1 Å². The van der Waals surface area contributed by atoms with Gasteiger partial charge >= 0.3 is 0 Å². The molecule has 0 unspecified atom stereocenters. The first kappa shape index (κ1) is 14.6. The van der Waals surface area contributed by atoms with Crippen molar-refractivity contribution in [2.75, 3.05) is 0 Å². The molecule has 0 heterocycles. The molecule has 2 aromatic rings. The Labute approximate surface area is 121 Å². The fraction of sp³-hybridized carbons (Fsp3) is 0.0714. The number of benzene rings is 2. The maximum Gasteiger partial charge on any atom is 0.251 e. The van der Waals surface area contributed by atoms with Gasteiger partial charge in [0.15, 0.2) is 0 Å². The van der Waals surface area contributed by atoms with Gasteiger partial charge in [0, 0.05) is 34.3 Å². The van der Waals surface area contributed by atoms with Crippen molar-refractivity contribution in [3.05, 3.63) is 69.4 Å². The minimum atomic E-state index is -1.03. The topological polar surface area (TPSA) is 29.1 Å². The van der Waals surface area contributed by atoms with Crippen molar-refractivity contribution in [1.82, 2.24) is 5.32 Å². The van der Waals surface area contributed by atoms with E-state index in [0.717, 1.165) is 4.47 Å². The third-order valence-corrected chi connectivity index (χ3v) is 3.17. The molecule has 0 aliphatic rings. The number of carbonyl (C=O) groups is 1. The summed E-state index contributed by atoms with van der Waals surface area (Å²) < 4.78 is 40.3. The molecule has 2 rings (SSSR count). The highest BCUT2D eigenvalue weighted by Crippen LogP contribution is 2.15. The van der Waals surface area contributed by atoms with Crippen molar-refractivity contribution < 1.29 is 18.0 Å². The van der Waals surface area contributed by atoms with Gasteiger partial charge in [-0.05, 0) is 24.3 Å². The van der Waals surface area contributed by atoms with E-state index in [1.54, 1.807) is 24.3 Å². The summed E-state index contributed by atoms with van der Waals surface area (Å²) in [4.78, 5) is 11.8. The minimum Gasteiger partial charge on any atom is -0.348 e. The second-order valence-electron chi connectivity index (χ2n) is 4.04.